The highest BCUT2D eigenvalue weighted by atomic mass is 79.9. The van der Waals surface area contributed by atoms with Gasteiger partial charge in [-0.1, -0.05) is 6.92 Å². The first-order valence-corrected chi connectivity index (χ1v) is 6.36. The Morgan fingerprint density at radius 3 is 2.69 bits per heavy atom. The van der Waals surface area contributed by atoms with Gasteiger partial charge in [0.05, 0.1) is 12.2 Å². The lowest BCUT2D eigenvalue weighted by atomic mass is 10.1. The van der Waals surface area contributed by atoms with Gasteiger partial charge in [-0.05, 0) is 41.4 Å². The van der Waals surface area contributed by atoms with Gasteiger partial charge in [0.25, 0.3) is 0 Å². The first-order valence-electron chi connectivity index (χ1n) is 5.57. The largest absolute Gasteiger partial charge is 0.390 e. The van der Waals surface area contributed by atoms with Gasteiger partial charge in [0.1, 0.15) is 0 Å². The minimum absolute atomic E-state index is 0.101. The van der Waals surface area contributed by atoms with Crippen molar-refractivity contribution >= 4 is 15.9 Å². The molecule has 1 N–H and O–H groups in total. The van der Waals surface area contributed by atoms with Crippen molar-refractivity contribution < 1.29 is 9.84 Å². The molecule has 0 bridgehead atoms. The molecule has 1 aromatic heterocycles. The van der Waals surface area contributed by atoms with Crippen LogP contribution in [-0.4, -0.2) is 28.9 Å². The molecule has 1 rings (SSSR count). The Morgan fingerprint density at radius 1 is 1.44 bits per heavy atom. The van der Waals surface area contributed by atoms with E-state index in [4.69, 9.17) is 4.74 Å². The van der Waals surface area contributed by atoms with Crippen LogP contribution >= 0.6 is 15.9 Å². The minimum atomic E-state index is -0.487. The quantitative estimate of drug-likeness (QED) is 0.874. The summed E-state index contributed by atoms with van der Waals surface area (Å²) in [6.45, 7) is 4.58. The molecule has 0 radical (unpaired) electrons. The first-order chi connectivity index (χ1) is 7.67. The number of pyridine rings is 1. The molecular formula is C12H18BrNO2. The van der Waals surface area contributed by atoms with Crippen molar-refractivity contribution in [2.24, 2.45) is 0 Å². The maximum absolute atomic E-state index is 9.99. The molecule has 0 aliphatic heterocycles. The number of rotatable bonds is 6. The Bertz CT molecular complexity index is 302. The third-order valence-electron chi connectivity index (χ3n) is 2.42. The zero-order valence-electron chi connectivity index (χ0n) is 9.69. The van der Waals surface area contributed by atoms with E-state index in [-0.39, 0.29) is 6.10 Å². The molecule has 90 valence electrons. The Balaban J connectivity index is 2.55. The van der Waals surface area contributed by atoms with Crippen LogP contribution in [0.5, 0.6) is 0 Å². The summed E-state index contributed by atoms with van der Waals surface area (Å²) in [5, 5.41) is 9.99. The van der Waals surface area contributed by atoms with E-state index in [1.807, 2.05) is 26.0 Å². The van der Waals surface area contributed by atoms with Gasteiger partial charge in [-0.2, -0.15) is 0 Å². The lowest BCUT2D eigenvalue weighted by Gasteiger charge is -2.21. The highest BCUT2D eigenvalue weighted by molar-refractivity contribution is 9.10. The van der Waals surface area contributed by atoms with Gasteiger partial charge in [-0.25, -0.2) is 0 Å². The van der Waals surface area contributed by atoms with E-state index >= 15 is 0 Å². The Morgan fingerprint density at radius 2 is 2.19 bits per heavy atom. The monoisotopic (exact) mass is 287 g/mol. The van der Waals surface area contributed by atoms with Crippen LogP contribution < -0.4 is 0 Å². The van der Waals surface area contributed by atoms with E-state index in [9.17, 15) is 5.11 Å². The number of nitrogens with zero attached hydrogens (tertiary/aromatic N) is 1. The second-order valence-electron chi connectivity index (χ2n) is 3.64. The van der Waals surface area contributed by atoms with Crippen molar-refractivity contribution in [3.05, 3.63) is 28.5 Å². The topological polar surface area (TPSA) is 42.4 Å². The number of aromatic nitrogens is 1. The number of aliphatic hydroxyl groups is 1. The van der Waals surface area contributed by atoms with Gasteiger partial charge >= 0.3 is 0 Å². The third-order valence-corrected chi connectivity index (χ3v) is 2.89. The molecule has 3 nitrogen and oxygen atoms in total. The lowest BCUT2D eigenvalue weighted by Crippen LogP contribution is -2.30. The van der Waals surface area contributed by atoms with Crippen molar-refractivity contribution in [2.45, 2.75) is 38.9 Å². The summed E-state index contributed by atoms with van der Waals surface area (Å²) < 4.78 is 6.41. The Hall–Kier alpha value is -0.450. The van der Waals surface area contributed by atoms with Gasteiger partial charge in [0, 0.05) is 29.4 Å². The number of hydrogen-bond donors (Lipinski definition) is 1. The molecule has 0 aromatic carbocycles. The zero-order valence-corrected chi connectivity index (χ0v) is 11.3. The Kier molecular flexibility index (Phi) is 5.95. The van der Waals surface area contributed by atoms with Crippen LogP contribution in [0.25, 0.3) is 0 Å². The predicted octanol–water partition coefficient (Wildman–Crippen LogP) is 2.56. The lowest BCUT2D eigenvalue weighted by molar-refractivity contribution is -0.0338. The maximum Gasteiger partial charge on any atom is 0.0857 e. The fraction of sp³-hybridized carbons (Fsp3) is 0.583. The van der Waals surface area contributed by atoms with Crippen molar-refractivity contribution in [3.8, 4) is 0 Å². The maximum atomic E-state index is 9.99. The molecule has 1 aromatic rings. The van der Waals surface area contributed by atoms with Crippen LogP contribution in [0.4, 0.5) is 0 Å². The van der Waals surface area contributed by atoms with Crippen LogP contribution in [0.3, 0.4) is 0 Å². The molecule has 1 heterocycles. The molecule has 0 amide bonds. The molecule has 4 heteroatoms. The number of halogens is 1. The molecule has 2 atom stereocenters. The normalized spacial score (nSPS) is 14.8. The summed E-state index contributed by atoms with van der Waals surface area (Å²) in [6, 6.07) is 3.84. The van der Waals surface area contributed by atoms with E-state index in [0.717, 1.165) is 16.6 Å². The van der Waals surface area contributed by atoms with E-state index in [1.165, 1.54) is 0 Å². The van der Waals surface area contributed by atoms with Gasteiger partial charge in [-0.3, -0.25) is 4.98 Å². The van der Waals surface area contributed by atoms with Crippen LogP contribution in [0.1, 0.15) is 26.0 Å². The Labute approximate surface area is 105 Å². The van der Waals surface area contributed by atoms with E-state index < -0.39 is 6.10 Å². The van der Waals surface area contributed by atoms with Gasteiger partial charge in [0.2, 0.25) is 0 Å². The molecular weight excluding hydrogens is 270 g/mol. The van der Waals surface area contributed by atoms with Crippen LogP contribution in [-0.2, 0) is 11.2 Å². The summed E-state index contributed by atoms with van der Waals surface area (Å²) >= 11 is 3.33. The van der Waals surface area contributed by atoms with Crippen molar-refractivity contribution in [1.29, 1.82) is 0 Å². The fourth-order valence-corrected chi connectivity index (χ4v) is 1.82. The molecule has 0 aliphatic carbocycles. The SMILES string of the molecule is CCOC(CC)C(O)Cc1ccc(Br)cn1. The average Bonchev–Trinajstić information content (AvgIpc) is 2.29. The second kappa shape index (κ2) is 6.99. The number of aliphatic hydroxyl groups excluding tert-OH is 1. The van der Waals surface area contributed by atoms with Crippen LogP contribution in [0, 0.1) is 0 Å². The highest BCUT2D eigenvalue weighted by Gasteiger charge is 2.18. The van der Waals surface area contributed by atoms with E-state index in [1.54, 1.807) is 6.20 Å². The minimum Gasteiger partial charge on any atom is -0.390 e. The summed E-state index contributed by atoms with van der Waals surface area (Å²) in [6.07, 6.45) is 2.50. The summed E-state index contributed by atoms with van der Waals surface area (Å²) in [7, 11) is 0. The molecule has 0 saturated carbocycles. The smallest absolute Gasteiger partial charge is 0.0857 e. The third kappa shape index (κ3) is 4.20. The van der Waals surface area contributed by atoms with E-state index in [2.05, 4.69) is 20.9 Å². The zero-order chi connectivity index (χ0) is 12.0. The predicted molar refractivity (Wildman–Crippen MR) is 67.4 cm³/mol. The average molecular weight is 288 g/mol. The van der Waals surface area contributed by atoms with E-state index in [0.29, 0.717) is 13.0 Å². The van der Waals surface area contributed by atoms with Gasteiger partial charge in [-0.15, -0.1) is 0 Å². The molecule has 0 spiro atoms. The van der Waals surface area contributed by atoms with Gasteiger partial charge < -0.3 is 9.84 Å². The number of ether oxygens (including phenoxy) is 1. The van der Waals surface area contributed by atoms with Crippen molar-refractivity contribution in [2.75, 3.05) is 6.61 Å². The first kappa shape index (κ1) is 13.6. The fourth-order valence-electron chi connectivity index (χ4n) is 1.59. The van der Waals surface area contributed by atoms with Crippen molar-refractivity contribution in [1.82, 2.24) is 4.98 Å². The molecule has 0 fully saturated rings. The number of hydrogen-bond acceptors (Lipinski definition) is 3. The second-order valence-corrected chi connectivity index (χ2v) is 4.56. The van der Waals surface area contributed by atoms with Gasteiger partial charge in [0.15, 0.2) is 0 Å². The molecule has 16 heavy (non-hydrogen) atoms. The standard InChI is InChI=1S/C12H18BrNO2/c1-3-12(16-4-2)11(15)7-10-6-5-9(13)8-14-10/h5-6,8,11-12,15H,3-4,7H2,1-2H3. The molecule has 0 aliphatic rings. The van der Waals surface area contributed by atoms with Crippen LogP contribution in [0.15, 0.2) is 22.8 Å². The summed E-state index contributed by atoms with van der Waals surface area (Å²) in [5.41, 5.74) is 0.883. The van der Waals surface area contributed by atoms with Crippen LogP contribution in [0.2, 0.25) is 0 Å². The molecule has 2 unspecified atom stereocenters. The molecule has 0 saturated heterocycles. The van der Waals surface area contributed by atoms with Crippen molar-refractivity contribution in [3.63, 3.8) is 0 Å². The summed E-state index contributed by atoms with van der Waals surface area (Å²) in [4.78, 5) is 4.23. The summed E-state index contributed by atoms with van der Waals surface area (Å²) in [5.74, 6) is 0. The highest BCUT2D eigenvalue weighted by Crippen LogP contribution is 2.12.